The summed E-state index contributed by atoms with van der Waals surface area (Å²) in [5.74, 6) is 1.60. The fourth-order valence-electron chi connectivity index (χ4n) is 1.78. The predicted octanol–water partition coefficient (Wildman–Crippen LogP) is 1.79. The number of ether oxygens (including phenoxy) is 2. The lowest BCUT2D eigenvalue weighted by atomic mass is 10.1. The Balaban J connectivity index is 2.04. The van der Waals surface area contributed by atoms with E-state index in [2.05, 4.69) is 9.97 Å². The number of hydrogen-bond donors (Lipinski definition) is 0. The lowest BCUT2D eigenvalue weighted by Crippen LogP contribution is -2.15. The van der Waals surface area contributed by atoms with Crippen LogP contribution in [0.1, 0.15) is 5.82 Å². The molecule has 0 saturated carbocycles. The first-order chi connectivity index (χ1) is 8.86. The van der Waals surface area contributed by atoms with Gasteiger partial charge in [0.1, 0.15) is 19.3 Å². The first-order valence-electron chi connectivity index (χ1n) is 5.50. The molecule has 2 aromatic rings. The molecule has 1 aromatic heterocycles. The Morgan fingerprint density at radius 3 is 2.78 bits per heavy atom. The highest BCUT2D eigenvalue weighted by Crippen LogP contribution is 2.33. The van der Waals surface area contributed by atoms with E-state index in [0.29, 0.717) is 24.7 Å². The standard InChI is InChI=1S/C13H9N3O2/c14-8-13-15-4-3-10(16-13)9-1-2-11-12(7-9)18-6-5-17-11/h1-4,7H,5-6H2. The lowest BCUT2D eigenvalue weighted by molar-refractivity contribution is 0.171. The van der Waals surface area contributed by atoms with Gasteiger partial charge < -0.3 is 9.47 Å². The SMILES string of the molecule is N#Cc1nccc(-c2ccc3c(c2)OCCO3)n1. The van der Waals surface area contributed by atoms with Crippen molar-refractivity contribution in [2.24, 2.45) is 0 Å². The van der Waals surface area contributed by atoms with Gasteiger partial charge >= 0.3 is 0 Å². The van der Waals surface area contributed by atoms with Crippen LogP contribution in [-0.2, 0) is 0 Å². The first-order valence-corrected chi connectivity index (χ1v) is 5.50. The van der Waals surface area contributed by atoms with Gasteiger partial charge in [-0.25, -0.2) is 9.97 Å². The molecule has 0 N–H and O–H groups in total. The van der Waals surface area contributed by atoms with Gasteiger partial charge in [-0.15, -0.1) is 0 Å². The molecular weight excluding hydrogens is 230 g/mol. The molecule has 0 fully saturated rings. The molecule has 0 bridgehead atoms. The Labute approximate surface area is 104 Å². The Morgan fingerprint density at radius 1 is 1.11 bits per heavy atom. The fraction of sp³-hybridized carbons (Fsp3) is 0.154. The van der Waals surface area contributed by atoms with E-state index < -0.39 is 0 Å². The molecular formula is C13H9N3O2. The van der Waals surface area contributed by atoms with E-state index in [0.717, 1.165) is 11.3 Å². The molecule has 18 heavy (non-hydrogen) atoms. The third-order valence-electron chi connectivity index (χ3n) is 2.59. The van der Waals surface area contributed by atoms with E-state index >= 15 is 0 Å². The van der Waals surface area contributed by atoms with Crippen LogP contribution in [0.15, 0.2) is 30.5 Å². The first kappa shape index (κ1) is 10.5. The van der Waals surface area contributed by atoms with Gasteiger partial charge in [0.2, 0.25) is 5.82 Å². The maximum Gasteiger partial charge on any atom is 0.232 e. The molecule has 88 valence electrons. The van der Waals surface area contributed by atoms with Crippen molar-refractivity contribution in [3.63, 3.8) is 0 Å². The molecule has 1 aliphatic rings. The maximum absolute atomic E-state index is 8.78. The molecule has 2 heterocycles. The van der Waals surface area contributed by atoms with Crippen LogP contribution < -0.4 is 9.47 Å². The average Bonchev–Trinajstić information content (AvgIpc) is 2.47. The maximum atomic E-state index is 8.78. The summed E-state index contributed by atoms with van der Waals surface area (Å²) >= 11 is 0. The van der Waals surface area contributed by atoms with Crippen LogP contribution in [0, 0.1) is 11.3 Å². The van der Waals surface area contributed by atoms with E-state index in [-0.39, 0.29) is 5.82 Å². The van der Waals surface area contributed by atoms with Crippen LogP contribution in [0.4, 0.5) is 0 Å². The second kappa shape index (κ2) is 4.34. The second-order valence-corrected chi connectivity index (χ2v) is 3.74. The number of hydrogen-bond acceptors (Lipinski definition) is 5. The summed E-state index contributed by atoms with van der Waals surface area (Å²) in [4.78, 5) is 7.98. The molecule has 3 rings (SSSR count). The second-order valence-electron chi connectivity index (χ2n) is 3.74. The summed E-state index contributed by atoms with van der Waals surface area (Å²) in [7, 11) is 0. The van der Waals surface area contributed by atoms with E-state index in [1.54, 1.807) is 12.3 Å². The highest BCUT2D eigenvalue weighted by atomic mass is 16.6. The van der Waals surface area contributed by atoms with Crippen molar-refractivity contribution in [3.8, 4) is 28.8 Å². The zero-order chi connectivity index (χ0) is 12.4. The molecule has 1 aliphatic heterocycles. The van der Waals surface area contributed by atoms with Crippen molar-refractivity contribution in [1.29, 1.82) is 5.26 Å². The largest absolute Gasteiger partial charge is 0.486 e. The summed E-state index contributed by atoms with van der Waals surface area (Å²) in [6.07, 6.45) is 1.57. The quantitative estimate of drug-likeness (QED) is 0.758. The van der Waals surface area contributed by atoms with Crippen LogP contribution in [0.25, 0.3) is 11.3 Å². The van der Waals surface area contributed by atoms with Crippen LogP contribution in [0.5, 0.6) is 11.5 Å². The molecule has 0 unspecified atom stereocenters. The minimum absolute atomic E-state index is 0.155. The van der Waals surface area contributed by atoms with Gasteiger partial charge in [-0.3, -0.25) is 0 Å². The van der Waals surface area contributed by atoms with Crippen molar-refractivity contribution in [2.45, 2.75) is 0 Å². The molecule has 0 amide bonds. The zero-order valence-corrected chi connectivity index (χ0v) is 9.46. The molecule has 1 aromatic carbocycles. The van der Waals surface area contributed by atoms with Crippen LogP contribution in [0.2, 0.25) is 0 Å². The van der Waals surface area contributed by atoms with Gasteiger partial charge in [0, 0.05) is 11.8 Å². The van der Waals surface area contributed by atoms with Gasteiger partial charge in [0.25, 0.3) is 0 Å². The predicted molar refractivity (Wildman–Crippen MR) is 63.2 cm³/mol. The molecule has 0 aliphatic carbocycles. The summed E-state index contributed by atoms with van der Waals surface area (Å²) < 4.78 is 11.0. The van der Waals surface area contributed by atoms with Gasteiger partial charge in [-0.05, 0) is 24.3 Å². The van der Waals surface area contributed by atoms with E-state index in [9.17, 15) is 0 Å². The summed E-state index contributed by atoms with van der Waals surface area (Å²) in [5.41, 5.74) is 1.57. The third-order valence-corrected chi connectivity index (χ3v) is 2.59. The van der Waals surface area contributed by atoms with Gasteiger partial charge in [0.15, 0.2) is 11.5 Å². The molecule has 5 nitrogen and oxygen atoms in total. The number of aromatic nitrogens is 2. The van der Waals surface area contributed by atoms with E-state index in [4.69, 9.17) is 14.7 Å². The summed E-state index contributed by atoms with van der Waals surface area (Å²) in [6.45, 7) is 1.11. The summed E-state index contributed by atoms with van der Waals surface area (Å²) in [6, 6.07) is 9.27. The van der Waals surface area contributed by atoms with Crippen LogP contribution in [-0.4, -0.2) is 23.2 Å². The Hall–Kier alpha value is -2.61. The zero-order valence-electron chi connectivity index (χ0n) is 9.46. The minimum atomic E-state index is 0.155. The highest BCUT2D eigenvalue weighted by Gasteiger charge is 2.13. The van der Waals surface area contributed by atoms with E-state index in [1.165, 1.54) is 0 Å². The number of nitriles is 1. The lowest BCUT2D eigenvalue weighted by Gasteiger charge is -2.18. The molecule has 5 heteroatoms. The van der Waals surface area contributed by atoms with Gasteiger partial charge in [-0.1, -0.05) is 0 Å². The smallest absolute Gasteiger partial charge is 0.232 e. The average molecular weight is 239 g/mol. The van der Waals surface area contributed by atoms with Gasteiger partial charge in [0.05, 0.1) is 5.69 Å². The van der Waals surface area contributed by atoms with Crippen LogP contribution >= 0.6 is 0 Å². The van der Waals surface area contributed by atoms with Crippen molar-refractivity contribution >= 4 is 0 Å². The third kappa shape index (κ3) is 1.84. The normalized spacial score (nSPS) is 12.8. The fourth-order valence-corrected chi connectivity index (χ4v) is 1.78. The van der Waals surface area contributed by atoms with Crippen molar-refractivity contribution in [3.05, 3.63) is 36.3 Å². The highest BCUT2D eigenvalue weighted by molar-refractivity contribution is 5.64. The number of rotatable bonds is 1. The minimum Gasteiger partial charge on any atom is -0.486 e. The van der Waals surface area contributed by atoms with Crippen molar-refractivity contribution < 1.29 is 9.47 Å². The Morgan fingerprint density at radius 2 is 1.94 bits per heavy atom. The Bertz CT molecular complexity index is 634. The molecule has 0 saturated heterocycles. The monoisotopic (exact) mass is 239 g/mol. The molecule has 0 atom stereocenters. The van der Waals surface area contributed by atoms with Crippen molar-refractivity contribution in [1.82, 2.24) is 9.97 Å². The van der Waals surface area contributed by atoms with Gasteiger partial charge in [-0.2, -0.15) is 5.26 Å². The van der Waals surface area contributed by atoms with Crippen molar-refractivity contribution in [2.75, 3.05) is 13.2 Å². The number of nitrogens with zero attached hydrogens (tertiary/aromatic N) is 3. The number of fused-ring (bicyclic) bond motifs is 1. The molecule has 0 radical (unpaired) electrons. The van der Waals surface area contributed by atoms with E-state index in [1.807, 2.05) is 24.3 Å². The summed E-state index contributed by atoms with van der Waals surface area (Å²) in [5, 5.41) is 8.78. The topological polar surface area (TPSA) is 68.0 Å². The Kier molecular flexibility index (Phi) is 2.54. The number of benzene rings is 1. The molecule has 0 spiro atoms. The van der Waals surface area contributed by atoms with Crippen LogP contribution in [0.3, 0.4) is 0 Å².